The van der Waals surface area contributed by atoms with Gasteiger partial charge in [-0.15, -0.1) is 11.3 Å². The quantitative estimate of drug-likeness (QED) is 0.234. The fourth-order valence-corrected chi connectivity index (χ4v) is 9.01. The van der Waals surface area contributed by atoms with Gasteiger partial charge in [0.05, 0.1) is 6.04 Å². The zero-order chi connectivity index (χ0) is 29.2. The second kappa shape index (κ2) is 12.0. The summed E-state index contributed by atoms with van der Waals surface area (Å²) in [5.41, 5.74) is 0.156. The molecule has 1 aliphatic rings. The number of esters is 1. The Morgan fingerprint density at radius 1 is 1.26 bits per heavy atom. The minimum absolute atomic E-state index is 0.0214. The van der Waals surface area contributed by atoms with Gasteiger partial charge in [0.25, 0.3) is 10.0 Å². The summed E-state index contributed by atoms with van der Waals surface area (Å²) in [6, 6.07) is 7.53. The largest absolute Gasteiger partial charge is 0.426 e. The number of benzene rings is 1. The number of amides is 1. The maximum Gasteiger partial charge on any atom is 0.308 e. The highest BCUT2D eigenvalue weighted by molar-refractivity contribution is 7.94. The topological polar surface area (TPSA) is 153 Å². The maximum absolute atomic E-state index is 13.8. The number of fused-ring (bicyclic) bond motifs is 1. The standard InChI is InChI=1S/C25H35N3O8S3/c1-6-28(22(30)15-25(3,4)19-10-7-8-11-21(19)36-17(2)29)20-16-27(12-9-13-35-5)39(33,34)24-18(20)14-23(37-24)38(26,31)32/h7-8,10-11,14,20H,6,9,12-13,15-16H2,1-5H3,(H2,26,31,32)/t20-/m0/s1. The van der Waals surface area contributed by atoms with E-state index in [1.165, 1.54) is 24.4 Å². The molecule has 216 valence electrons. The molecule has 0 saturated carbocycles. The second-order valence-corrected chi connectivity index (χ2v) is 14.9. The Bertz CT molecular complexity index is 1430. The van der Waals surface area contributed by atoms with Crippen molar-refractivity contribution in [2.45, 2.75) is 60.4 Å². The molecular weight excluding hydrogens is 566 g/mol. The van der Waals surface area contributed by atoms with Gasteiger partial charge < -0.3 is 14.4 Å². The molecule has 2 heterocycles. The van der Waals surface area contributed by atoms with E-state index < -0.39 is 37.5 Å². The van der Waals surface area contributed by atoms with E-state index in [-0.39, 0.29) is 45.9 Å². The number of thiophene rings is 1. The van der Waals surface area contributed by atoms with Crippen LogP contribution in [0, 0.1) is 0 Å². The number of hydrogen-bond acceptors (Lipinski definition) is 9. The van der Waals surface area contributed by atoms with E-state index in [2.05, 4.69) is 0 Å². The minimum Gasteiger partial charge on any atom is -0.426 e. The number of hydrogen-bond donors (Lipinski definition) is 1. The highest BCUT2D eigenvalue weighted by atomic mass is 32.3. The first kappa shape index (κ1) is 31.2. The lowest BCUT2D eigenvalue weighted by molar-refractivity contribution is -0.135. The Hall–Kier alpha value is -2.36. The Morgan fingerprint density at radius 2 is 1.92 bits per heavy atom. The summed E-state index contributed by atoms with van der Waals surface area (Å²) in [5.74, 6) is -0.389. The van der Waals surface area contributed by atoms with Gasteiger partial charge >= 0.3 is 5.97 Å². The van der Waals surface area contributed by atoms with Crippen LogP contribution in [-0.2, 0) is 39.8 Å². The molecule has 0 bridgehead atoms. The number of sulfonamides is 2. The normalized spacial score (nSPS) is 17.4. The van der Waals surface area contributed by atoms with Crippen LogP contribution in [0.25, 0.3) is 0 Å². The van der Waals surface area contributed by atoms with Crippen LogP contribution in [0.15, 0.2) is 38.8 Å². The lowest BCUT2D eigenvalue weighted by Gasteiger charge is -2.39. The van der Waals surface area contributed by atoms with Crippen LogP contribution in [0.5, 0.6) is 5.75 Å². The molecule has 1 aromatic heterocycles. The lowest BCUT2D eigenvalue weighted by Crippen LogP contribution is -2.48. The van der Waals surface area contributed by atoms with Gasteiger partial charge in [-0.05, 0) is 25.5 Å². The SMILES string of the molecule is CCN(C(=O)CC(C)(C)c1ccccc1OC(C)=O)[C@H]1CN(CCCOC)S(=O)(=O)c2sc(S(N)(=O)=O)cc21. The molecule has 0 aliphatic carbocycles. The summed E-state index contributed by atoms with van der Waals surface area (Å²) in [7, 11) is -6.66. The maximum atomic E-state index is 13.8. The first-order valence-electron chi connectivity index (χ1n) is 12.4. The second-order valence-electron chi connectivity index (χ2n) is 9.91. The molecule has 14 heteroatoms. The molecule has 2 aromatic rings. The van der Waals surface area contributed by atoms with Gasteiger partial charge in [0.15, 0.2) is 0 Å². The molecule has 0 fully saturated rings. The number of ether oxygens (including phenoxy) is 2. The van der Waals surface area contributed by atoms with E-state index in [1.54, 1.807) is 36.1 Å². The fraction of sp³-hybridized carbons (Fsp3) is 0.520. The average Bonchev–Trinajstić information content (AvgIpc) is 3.29. The van der Waals surface area contributed by atoms with Crippen LogP contribution < -0.4 is 9.88 Å². The van der Waals surface area contributed by atoms with Crippen molar-refractivity contribution in [1.82, 2.24) is 9.21 Å². The zero-order valence-corrected chi connectivity index (χ0v) is 25.1. The third-order valence-corrected chi connectivity index (χ3v) is 11.5. The van der Waals surface area contributed by atoms with Crippen molar-refractivity contribution >= 4 is 43.3 Å². The number of rotatable bonds is 11. The highest BCUT2D eigenvalue weighted by Gasteiger charge is 2.43. The Kier molecular flexibility index (Phi) is 9.61. The van der Waals surface area contributed by atoms with Crippen molar-refractivity contribution in [3.8, 4) is 5.75 Å². The molecule has 3 rings (SSSR count). The third kappa shape index (κ3) is 6.87. The van der Waals surface area contributed by atoms with Crippen LogP contribution in [0.4, 0.5) is 0 Å². The van der Waals surface area contributed by atoms with Crippen LogP contribution in [0.1, 0.15) is 57.7 Å². The van der Waals surface area contributed by atoms with E-state index in [0.717, 1.165) is 0 Å². The number of methoxy groups -OCH3 is 1. The molecule has 1 amide bonds. The van der Waals surface area contributed by atoms with Crippen LogP contribution >= 0.6 is 11.3 Å². The molecule has 1 aliphatic heterocycles. The van der Waals surface area contributed by atoms with Crippen LogP contribution in [0.3, 0.4) is 0 Å². The van der Waals surface area contributed by atoms with E-state index in [4.69, 9.17) is 14.6 Å². The van der Waals surface area contributed by atoms with Gasteiger partial charge in [-0.3, -0.25) is 9.59 Å². The minimum atomic E-state index is -4.17. The first-order chi connectivity index (χ1) is 18.1. The summed E-state index contributed by atoms with van der Waals surface area (Å²) >= 11 is 0.593. The number of nitrogens with zero attached hydrogens (tertiary/aromatic N) is 2. The smallest absolute Gasteiger partial charge is 0.308 e. The van der Waals surface area contributed by atoms with Crippen molar-refractivity contribution in [2.24, 2.45) is 5.14 Å². The van der Waals surface area contributed by atoms with Gasteiger partial charge in [-0.1, -0.05) is 32.0 Å². The van der Waals surface area contributed by atoms with Crippen LogP contribution in [0.2, 0.25) is 0 Å². The fourth-order valence-electron chi connectivity index (χ4n) is 4.72. The Morgan fingerprint density at radius 3 is 2.51 bits per heavy atom. The predicted molar refractivity (Wildman–Crippen MR) is 146 cm³/mol. The van der Waals surface area contributed by atoms with Crippen molar-refractivity contribution in [2.75, 3.05) is 33.4 Å². The number of carbonyl (C=O) groups is 2. The zero-order valence-electron chi connectivity index (χ0n) is 22.7. The van der Waals surface area contributed by atoms with Crippen molar-refractivity contribution in [3.05, 3.63) is 41.5 Å². The average molecular weight is 602 g/mol. The van der Waals surface area contributed by atoms with E-state index in [0.29, 0.717) is 35.7 Å². The molecule has 0 radical (unpaired) electrons. The van der Waals surface area contributed by atoms with Gasteiger partial charge in [0, 0.05) is 63.2 Å². The van der Waals surface area contributed by atoms with E-state index >= 15 is 0 Å². The van der Waals surface area contributed by atoms with Gasteiger partial charge in [0.2, 0.25) is 15.9 Å². The number of para-hydroxylation sites is 1. The molecule has 0 unspecified atom stereocenters. The van der Waals surface area contributed by atoms with Gasteiger partial charge in [0.1, 0.15) is 14.2 Å². The number of likely N-dealkylation sites (N-methyl/N-ethyl adjacent to an activating group) is 1. The predicted octanol–water partition coefficient (Wildman–Crippen LogP) is 2.62. The van der Waals surface area contributed by atoms with Crippen molar-refractivity contribution in [1.29, 1.82) is 0 Å². The third-order valence-electron chi connectivity index (χ3n) is 6.55. The molecule has 39 heavy (non-hydrogen) atoms. The lowest BCUT2D eigenvalue weighted by atomic mass is 9.80. The highest BCUT2D eigenvalue weighted by Crippen LogP contribution is 2.43. The van der Waals surface area contributed by atoms with Crippen LogP contribution in [-0.4, -0.2) is 71.3 Å². The Labute approximate surface area is 234 Å². The summed E-state index contributed by atoms with van der Waals surface area (Å²) in [6.45, 7) is 7.49. The molecule has 1 aromatic carbocycles. The number of nitrogens with two attached hydrogens (primary N) is 1. The molecule has 1 atom stereocenters. The summed E-state index contributed by atoms with van der Waals surface area (Å²) in [4.78, 5) is 27.0. The molecule has 11 nitrogen and oxygen atoms in total. The summed E-state index contributed by atoms with van der Waals surface area (Å²) < 4.78 is 62.4. The van der Waals surface area contributed by atoms with Gasteiger partial charge in [-0.2, -0.15) is 4.31 Å². The molecule has 0 saturated heterocycles. The molecule has 0 spiro atoms. The van der Waals surface area contributed by atoms with Crippen molar-refractivity contribution < 1.29 is 35.9 Å². The van der Waals surface area contributed by atoms with E-state index in [1.807, 2.05) is 13.8 Å². The first-order valence-corrected chi connectivity index (χ1v) is 16.2. The van der Waals surface area contributed by atoms with E-state index in [9.17, 15) is 26.4 Å². The monoisotopic (exact) mass is 601 g/mol. The van der Waals surface area contributed by atoms with Crippen molar-refractivity contribution in [3.63, 3.8) is 0 Å². The number of carbonyl (C=O) groups excluding carboxylic acids is 2. The molecule has 2 N–H and O–H groups in total. The number of primary sulfonamides is 1. The Balaban J connectivity index is 2.02. The van der Waals surface area contributed by atoms with Gasteiger partial charge in [-0.25, -0.2) is 22.0 Å². The summed E-state index contributed by atoms with van der Waals surface area (Å²) in [5, 5.41) is 5.34. The summed E-state index contributed by atoms with van der Waals surface area (Å²) in [6.07, 6.45) is 0.443. The molecular formula is C25H35N3O8S3.